The molecule has 0 bridgehead atoms. The molecule has 2 aromatic carbocycles. The Bertz CT molecular complexity index is 881. The van der Waals surface area contributed by atoms with Gasteiger partial charge in [0.1, 0.15) is 5.75 Å². The first kappa shape index (κ1) is 20.1. The van der Waals surface area contributed by atoms with Gasteiger partial charge in [-0.1, -0.05) is 11.6 Å². The monoisotopic (exact) mass is 397 g/mol. The van der Waals surface area contributed by atoms with Crippen LogP contribution in [0.3, 0.4) is 0 Å². The molecule has 6 nitrogen and oxygen atoms in total. The Kier molecular flexibility index (Phi) is 6.50. The molecule has 0 aliphatic heterocycles. The van der Waals surface area contributed by atoms with Crippen molar-refractivity contribution in [3.05, 3.63) is 53.1 Å². The number of anilines is 1. The summed E-state index contributed by atoms with van der Waals surface area (Å²) in [6.07, 6.45) is 0. The van der Waals surface area contributed by atoms with E-state index in [2.05, 4.69) is 0 Å². The number of esters is 1. The predicted octanol–water partition coefficient (Wildman–Crippen LogP) is 3.74. The first-order chi connectivity index (χ1) is 12.3. The van der Waals surface area contributed by atoms with Crippen LogP contribution in [0.1, 0.15) is 24.2 Å². The Labute approximate surface area is 158 Å². The van der Waals surface area contributed by atoms with E-state index in [1.807, 2.05) is 6.92 Å². The Morgan fingerprint density at radius 3 is 2.31 bits per heavy atom. The number of halogens is 1. The first-order valence-electron chi connectivity index (χ1n) is 7.99. The third kappa shape index (κ3) is 4.28. The highest BCUT2D eigenvalue weighted by Gasteiger charge is 2.23. The molecule has 0 unspecified atom stereocenters. The van der Waals surface area contributed by atoms with Gasteiger partial charge in [-0.3, -0.25) is 4.31 Å². The molecule has 0 spiro atoms. The van der Waals surface area contributed by atoms with Crippen LogP contribution >= 0.6 is 11.6 Å². The van der Waals surface area contributed by atoms with Gasteiger partial charge in [0.15, 0.2) is 0 Å². The van der Waals surface area contributed by atoms with Gasteiger partial charge in [0.25, 0.3) is 10.0 Å². The lowest BCUT2D eigenvalue weighted by Gasteiger charge is -2.20. The van der Waals surface area contributed by atoms with E-state index in [1.54, 1.807) is 19.1 Å². The quantitative estimate of drug-likeness (QED) is 0.665. The summed E-state index contributed by atoms with van der Waals surface area (Å²) in [6.45, 7) is 4.21. The van der Waals surface area contributed by atoms with Crippen molar-refractivity contribution in [1.29, 1.82) is 0 Å². The van der Waals surface area contributed by atoms with Gasteiger partial charge in [0.2, 0.25) is 0 Å². The van der Waals surface area contributed by atoms with E-state index in [0.29, 0.717) is 18.0 Å². The fraction of sp³-hybridized carbons (Fsp3) is 0.278. The highest BCUT2D eigenvalue weighted by Crippen LogP contribution is 2.28. The molecule has 0 N–H and O–H groups in total. The summed E-state index contributed by atoms with van der Waals surface area (Å²) >= 11 is 6.03. The summed E-state index contributed by atoms with van der Waals surface area (Å²) in [6, 6.07) is 10.5. The number of carbonyl (C=O) groups excluding carboxylic acids is 1. The van der Waals surface area contributed by atoms with Crippen LogP contribution in [0.5, 0.6) is 5.75 Å². The molecule has 0 amide bonds. The summed E-state index contributed by atoms with van der Waals surface area (Å²) in [5.41, 5.74) is 0.408. The smallest absolute Gasteiger partial charge is 0.339 e. The summed E-state index contributed by atoms with van der Waals surface area (Å²) in [4.78, 5) is 12.1. The summed E-state index contributed by atoms with van der Waals surface area (Å²) in [7, 11) is -2.40. The molecule has 0 fully saturated rings. The fourth-order valence-corrected chi connectivity index (χ4v) is 3.63. The zero-order valence-electron chi connectivity index (χ0n) is 14.7. The van der Waals surface area contributed by atoms with Gasteiger partial charge >= 0.3 is 5.97 Å². The zero-order chi connectivity index (χ0) is 19.3. The highest BCUT2D eigenvalue weighted by molar-refractivity contribution is 7.92. The van der Waals surface area contributed by atoms with Crippen LogP contribution < -0.4 is 9.04 Å². The van der Waals surface area contributed by atoms with Crippen molar-refractivity contribution >= 4 is 33.3 Å². The molecule has 0 saturated heterocycles. The SMILES string of the molecule is CCOC(=O)c1cc(N(C)S(=O)(=O)c2ccc(OCC)cc2)ccc1Cl. The number of hydrogen-bond donors (Lipinski definition) is 0. The molecule has 0 saturated carbocycles. The maximum atomic E-state index is 12.8. The number of ether oxygens (including phenoxy) is 2. The molecule has 0 atom stereocenters. The van der Waals surface area contributed by atoms with E-state index < -0.39 is 16.0 Å². The molecule has 2 rings (SSSR count). The normalized spacial score (nSPS) is 11.1. The molecule has 26 heavy (non-hydrogen) atoms. The van der Waals surface area contributed by atoms with Crippen molar-refractivity contribution in [3.63, 3.8) is 0 Å². The average molecular weight is 398 g/mol. The van der Waals surface area contributed by atoms with Crippen LogP contribution in [0.25, 0.3) is 0 Å². The molecule has 0 aliphatic carbocycles. The zero-order valence-corrected chi connectivity index (χ0v) is 16.3. The van der Waals surface area contributed by atoms with Crippen LogP contribution in [0.4, 0.5) is 5.69 Å². The molecule has 0 aromatic heterocycles. The number of benzene rings is 2. The van der Waals surface area contributed by atoms with Crippen molar-refractivity contribution in [2.24, 2.45) is 0 Å². The Morgan fingerprint density at radius 2 is 1.73 bits per heavy atom. The van der Waals surface area contributed by atoms with Crippen molar-refractivity contribution < 1.29 is 22.7 Å². The highest BCUT2D eigenvalue weighted by atomic mass is 35.5. The third-order valence-corrected chi connectivity index (χ3v) is 5.73. The molecule has 0 heterocycles. The second-order valence-corrected chi connectivity index (χ2v) is 7.64. The molecule has 0 aliphatic rings. The van der Waals surface area contributed by atoms with Crippen LogP contribution in [-0.2, 0) is 14.8 Å². The predicted molar refractivity (Wildman–Crippen MR) is 101 cm³/mol. The first-order valence-corrected chi connectivity index (χ1v) is 9.81. The van der Waals surface area contributed by atoms with Crippen molar-refractivity contribution in [1.82, 2.24) is 0 Å². The maximum absolute atomic E-state index is 12.8. The number of rotatable bonds is 7. The minimum atomic E-state index is -3.81. The van der Waals surface area contributed by atoms with Gasteiger partial charge in [-0.05, 0) is 56.3 Å². The standard InChI is InChI=1S/C18H20ClNO5S/c1-4-24-14-7-9-15(10-8-14)26(22,23)20(3)13-6-11-17(19)16(12-13)18(21)25-5-2/h6-12H,4-5H2,1-3H3. The number of hydrogen-bond acceptors (Lipinski definition) is 5. The third-order valence-electron chi connectivity index (χ3n) is 3.60. The van der Waals surface area contributed by atoms with Crippen LogP contribution in [0, 0.1) is 0 Å². The second-order valence-electron chi connectivity index (χ2n) is 5.26. The summed E-state index contributed by atoms with van der Waals surface area (Å²) in [5, 5.41) is 0.194. The van der Waals surface area contributed by atoms with Crippen molar-refractivity contribution in [2.45, 2.75) is 18.7 Å². The molecule has 140 valence electrons. The minimum absolute atomic E-state index is 0.107. The molecular formula is C18H20ClNO5S. The topological polar surface area (TPSA) is 72.9 Å². The molecular weight excluding hydrogens is 378 g/mol. The fourth-order valence-electron chi connectivity index (χ4n) is 2.25. The van der Waals surface area contributed by atoms with E-state index in [4.69, 9.17) is 21.1 Å². The van der Waals surface area contributed by atoms with E-state index in [0.717, 1.165) is 4.31 Å². The van der Waals surface area contributed by atoms with Crippen molar-refractivity contribution in [2.75, 3.05) is 24.6 Å². The van der Waals surface area contributed by atoms with Gasteiger partial charge in [0, 0.05) is 7.05 Å². The molecule has 8 heteroatoms. The number of carbonyl (C=O) groups is 1. The van der Waals surface area contributed by atoms with Gasteiger partial charge in [-0.25, -0.2) is 13.2 Å². The number of nitrogens with zero attached hydrogens (tertiary/aromatic N) is 1. The largest absolute Gasteiger partial charge is 0.494 e. The van der Waals surface area contributed by atoms with E-state index in [-0.39, 0.29) is 22.1 Å². The van der Waals surface area contributed by atoms with E-state index >= 15 is 0 Å². The molecule has 0 radical (unpaired) electrons. The van der Waals surface area contributed by atoms with Crippen LogP contribution in [0.2, 0.25) is 5.02 Å². The van der Waals surface area contributed by atoms with Gasteiger partial charge in [0.05, 0.1) is 34.4 Å². The lowest BCUT2D eigenvalue weighted by Crippen LogP contribution is -2.26. The minimum Gasteiger partial charge on any atom is -0.494 e. The Morgan fingerprint density at radius 1 is 1.08 bits per heavy atom. The second kappa shape index (κ2) is 8.42. The Hall–Kier alpha value is -2.25. The Balaban J connectivity index is 2.36. The van der Waals surface area contributed by atoms with Crippen molar-refractivity contribution in [3.8, 4) is 5.75 Å². The summed E-state index contributed by atoms with van der Waals surface area (Å²) < 4.78 is 37.0. The summed E-state index contributed by atoms with van der Waals surface area (Å²) in [5.74, 6) is -0.0172. The van der Waals surface area contributed by atoms with Gasteiger partial charge in [-0.15, -0.1) is 0 Å². The van der Waals surface area contributed by atoms with Gasteiger partial charge < -0.3 is 9.47 Å². The molecule has 2 aromatic rings. The lowest BCUT2D eigenvalue weighted by molar-refractivity contribution is 0.0526. The van der Waals surface area contributed by atoms with Gasteiger partial charge in [-0.2, -0.15) is 0 Å². The lowest BCUT2D eigenvalue weighted by atomic mass is 10.2. The van der Waals surface area contributed by atoms with E-state index in [9.17, 15) is 13.2 Å². The van der Waals surface area contributed by atoms with Crippen LogP contribution in [0.15, 0.2) is 47.4 Å². The van der Waals surface area contributed by atoms with E-state index in [1.165, 1.54) is 37.4 Å². The number of sulfonamides is 1. The van der Waals surface area contributed by atoms with Crippen LogP contribution in [-0.4, -0.2) is 34.6 Å². The maximum Gasteiger partial charge on any atom is 0.339 e. The average Bonchev–Trinajstić information content (AvgIpc) is 2.62.